The van der Waals surface area contributed by atoms with E-state index in [1.165, 1.54) is 0 Å². The second-order valence-electron chi connectivity index (χ2n) is 2.27. The number of hydrogen-bond donors (Lipinski definition) is 1. The third kappa shape index (κ3) is 1.01. The molecule has 2 heteroatoms. The molecule has 2 atom stereocenters. The maximum Gasteiger partial charge on any atom is 0.0747 e. The van der Waals surface area contributed by atoms with Gasteiger partial charge in [0.1, 0.15) is 0 Å². The fourth-order valence-electron chi connectivity index (χ4n) is 0.854. The van der Waals surface area contributed by atoms with Crippen molar-refractivity contribution in [3.63, 3.8) is 0 Å². The summed E-state index contributed by atoms with van der Waals surface area (Å²) in [4.78, 5) is 0. The van der Waals surface area contributed by atoms with Gasteiger partial charge in [0.2, 0.25) is 0 Å². The quantitative estimate of drug-likeness (QED) is 0.569. The lowest BCUT2D eigenvalue weighted by Gasteiger charge is -2.30. The van der Waals surface area contributed by atoms with Crippen LogP contribution in [-0.2, 0) is 4.74 Å². The summed E-state index contributed by atoms with van der Waals surface area (Å²) in [5.74, 6) is 0. The Hall–Kier alpha value is -0.0800. The van der Waals surface area contributed by atoms with Crippen molar-refractivity contribution in [1.29, 1.82) is 0 Å². The molecule has 0 saturated carbocycles. The standard InChI is InChI=1S/C6H13NO/c1-2-5(7)6-3-4-8-6/h5-6H,2-4,7H2,1H3. The number of rotatable bonds is 2. The molecule has 2 nitrogen and oxygen atoms in total. The van der Waals surface area contributed by atoms with Crippen molar-refractivity contribution in [3.8, 4) is 0 Å². The van der Waals surface area contributed by atoms with E-state index in [1.807, 2.05) is 0 Å². The highest BCUT2D eigenvalue weighted by Gasteiger charge is 2.23. The van der Waals surface area contributed by atoms with Crippen LogP contribution < -0.4 is 5.73 Å². The summed E-state index contributed by atoms with van der Waals surface area (Å²) in [6.45, 7) is 3.00. The predicted octanol–water partition coefficient (Wildman–Crippen LogP) is 0.513. The lowest BCUT2D eigenvalue weighted by molar-refractivity contribution is -0.0648. The molecule has 0 bridgehead atoms. The van der Waals surface area contributed by atoms with Crippen LogP contribution in [0.3, 0.4) is 0 Å². The Balaban J connectivity index is 2.13. The molecule has 2 unspecified atom stereocenters. The molecule has 1 rings (SSSR count). The summed E-state index contributed by atoms with van der Waals surface area (Å²) >= 11 is 0. The molecular weight excluding hydrogens is 102 g/mol. The zero-order valence-electron chi connectivity index (χ0n) is 5.26. The largest absolute Gasteiger partial charge is 0.376 e. The van der Waals surface area contributed by atoms with Gasteiger partial charge in [0.15, 0.2) is 0 Å². The molecule has 0 amide bonds. The zero-order valence-corrected chi connectivity index (χ0v) is 5.26. The van der Waals surface area contributed by atoms with Gasteiger partial charge in [-0.05, 0) is 12.8 Å². The maximum atomic E-state index is 5.65. The van der Waals surface area contributed by atoms with Crippen molar-refractivity contribution in [2.24, 2.45) is 5.73 Å². The van der Waals surface area contributed by atoms with E-state index in [0.717, 1.165) is 19.4 Å². The van der Waals surface area contributed by atoms with Crippen LogP contribution >= 0.6 is 0 Å². The van der Waals surface area contributed by atoms with Crippen molar-refractivity contribution in [2.45, 2.75) is 31.9 Å². The van der Waals surface area contributed by atoms with Crippen molar-refractivity contribution in [2.75, 3.05) is 6.61 Å². The van der Waals surface area contributed by atoms with Gasteiger partial charge < -0.3 is 10.5 Å². The van der Waals surface area contributed by atoms with E-state index in [4.69, 9.17) is 10.5 Å². The molecule has 8 heavy (non-hydrogen) atoms. The smallest absolute Gasteiger partial charge is 0.0747 e. The summed E-state index contributed by atoms with van der Waals surface area (Å²) in [5, 5.41) is 0. The summed E-state index contributed by atoms with van der Waals surface area (Å²) < 4.78 is 5.16. The van der Waals surface area contributed by atoms with Crippen molar-refractivity contribution < 1.29 is 4.74 Å². The van der Waals surface area contributed by atoms with E-state index < -0.39 is 0 Å². The van der Waals surface area contributed by atoms with E-state index in [2.05, 4.69) is 6.92 Å². The molecule has 1 heterocycles. The molecule has 48 valence electrons. The summed E-state index contributed by atoms with van der Waals surface area (Å²) in [6.07, 6.45) is 2.57. The molecule has 0 radical (unpaired) electrons. The SMILES string of the molecule is CCC(N)C1CCO1. The fraction of sp³-hybridized carbons (Fsp3) is 1.00. The fourth-order valence-corrected chi connectivity index (χ4v) is 0.854. The third-order valence-electron chi connectivity index (χ3n) is 1.68. The first-order chi connectivity index (χ1) is 3.84. The van der Waals surface area contributed by atoms with Crippen LogP contribution in [0.2, 0.25) is 0 Å². The van der Waals surface area contributed by atoms with E-state index >= 15 is 0 Å². The molecule has 1 fully saturated rings. The minimum atomic E-state index is 0.281. The molecule has 0 aromatic heterocycles. The Morgan fingerprint density at radius 1 is 1.88 bits per heavy atom. The maximum absolute atomic E-state index is 5.65. The Bertz CT molecular complexity index is 68.2. The molecule has 1 aliphatic rings. The van der Waals surface area contributed by atoms with E-state index in [9.17, 15) is 0 Å². The Morgan fingerprint density at radius 3 is 2.62 bits per heavy atom. The molecule has 0 aromatic rings. The first-order valence-electron chi connectivity index (χ1n) is 3.21. The van der Waals surface area contributed by atoms with Crippen LogP contribution in [0.1, 0.15) is 19.8 Å². The summed E-state index contributed by atoms with van der Waals surface area (Å²) in [5.41, 5.74) is 5.65. The second kappa shape index (κ2) is 2.46. The highest BCUT2D eigenvalue weighted by atomic mass is 16.5. The summed E-state index contributed by atoms with van der Waals surface area (Å²) in [6, 6.07) is 0.281. The minimum absolute atomic E-state index is 0.281. The first kappa shape index (κ1) is 6.05. The van der Waals surface area contributed by atoms with Crippen molar-refractivity contribution in [1.82, 2.24) is 0 Å². The van der Waals surface area contributed by atoms with E-state index in [0.29, 0.717) is 6.10 Å². The Morgan fingerprint density at radius 2 is 2.50 bits per heavy atom. The highest BCUT2D eigenvalue weighted by Crippen LogP contribution is 2.14. The van der Waals surface area contributed by atoms with E-state index in [1.54, 1.807) is 0 Å². The Labute approximate surface area is 50.0 Å². The predicted molar refractivity (Wildman–Crippen MR) is 32.6 cm³/mol. The molecule has 0 aromatic carbocycles. The van der Waals surface area contributed by atoms with Gasteiger partial charge in [-0.25, -0.2) is 0 Å². The van der Waals surface area contributed by atoms with Crippen LogP contribution in [0.25, 0.3) is 0 Å². The lowest BCUT2D eigenvalue weighted by atomic mass is 10.0. The zero-order chi connectivity index (χ0) is 5.98. The lowest BCUT2D eigenvalue weighted by Crippen LogP contribution is -2.43. The molecule has 1 aliphatic heterocycles. The number of ether oxygens (including phenoxy) is 1. The van der Waals surface area contributed by atoms with Gasteiger partial charge in [0.05, 0.1) is 6.10 Å². The Kier molecular flexibility index (Phi) is 1.86. The van der Waals surface area contributed by atoms with Gasteiger partial charge in [-0.15, -0.1) is 0 Å². The molecule has 0 aliphatic carbocycles. The van der Waals surface area contributed by atoms with Crippen LogP contribution in [0.15, 0.2) is 0 Å². The molecule has 1 saturated heterocycles. The molecule has 2 N–H and O–H groups in total. The van der Waals surface area contributed by atoms with Crippen LogP contribution in [0.4, 0.5) is 0 Å². The third-order valence-corrected chi connectivity index (χ3v) is 1.68. The average molecular weight is 115 g/mol. The normalized spacial score (nSPS) is 31.5. The van der Waals surface area contributed by atoms with Gasteiger partial charge in [-0.3, -0.25) is 0 Å². The average Bonchev–Trinajstić information content (AvgIpc) is 1.62. The second-order valence-corrected chi connectivity index (χ2v) is 2.27. The highest BCUT2D eigenvalue weighted by molar-refractivity contribution is 4.77. The first-order valence-corrected chi connectivity index (χ1v) is 3.21. The van der Waals surface area contributed by atoms with Gasteiger partial charge in [0, 0.05) is 12.6 Å². The van der Waals surface area contributed by atoms with Gasteiger partial charge >= 0.3 is 0 Å². The monoisotopic (exact) mass is 115 g/mol. The van der Waals surface area contributed by atoms with Crippen molar-refractivity contribution >= 4 is 0 Å². The van der Waals surface area contributed by atoms with Gasteiger partial charge in [0.25, 0.3) is 0 Å². The molecular formula is C6H13NO. The van der Waals surface area contributed by atoms with Crippen molar-refractivity contribution in [3.05, 3.63) is 0 Å². The van der Waals surface area contributed by atoms with Gasteiger partial charge in [-0.2, -0.15) is 0 Å². The number of nitrogens with two attached hydrogens (primary N) is 1. The van der Waals surface area contributed by atoms with Crippen LogP contribution in [0.5, 0.6) is 0 Å². The van der Waals surface area contributed by atoms with E-state index in [-0.39, 0.29) is 6.04 Å². The minimum Gasteiger partial charge on any atom is -0.376 e. The number of hydrogen-bond acceptors (Lipinski definition) is 2. The molecule has 0 spiro atoms. The summed E-state index contributed by atoms with van der Waals surface area (Å²) in [7, 11) is 0. The topological polar surface area (TPSA) is 35.2 Å². The van der Waals surface area contributed by atoms with Gasteiger partial charge in [-0.1, -0.05) is 6.92 Å². The van der Waals surface area contributed by atoms with Crippen LogP contribution in [0, 0.1) is 0 Å². The van der Waals surface area contributed by atoms with Crippen LogP contribution in [-0.4, -0.2) is 18.8 Å².